The van der Waals surface area contributed by atoms with Crippen molar-refractivity contribution in [2.75, 3.05) is 23.3 Å². The van der Waals surface area contributed by atoms with Gasteiger partial charge in [0.05, 0.1) is 5.52 Å². The van der Waals surface area contributed by atoms with E-state index >= 15 is 0 Å². The molecule has 0 spiro atoms. The van der Waals surface area contributed by atoms with E-state index in [-0.39, 0.29) is 18.0 Å². The van der Waals surface area contributed by atoms with Crippen molar-refractivity contribution in [2.24, 2.45) is 0 Å². The minimum atomic E-state index is -0.480. The second kappa shape index (κ2) is 9.80. The lowest BCUT2D eigenvalue weighted by atomic mass is 10.1. The molecule has 0 aliphatic carbocycles. The van der Waals surface area contributed by atoms with Gasteiger partial charge in [-0.05, 0) is 63.1 Å². The van der Waals surface area contributed by atoms with Crippen LogP contribution in [0.4, 0.5) is 11.4 Å². The van der Waals surface area contributed by atoms with Gasteiger partial charge in [0.1, 0.15) is 16.1 Å². The molecule has 0 saturated carbocycles. The molecule has 1 N–H and O–H groups in total. The fourth-order valence-electron chi connectivity index (χ4n) is 4.26. The molecule has 4 rings (SSSR count). The number of pyridine rings is 1. The average molecular weight is 480 g/mol. The van der Waals surface area contributed by atoms with Gasteiger partial charge in [0.2, 0.25) is 5.91 Å². The summed E-state index contributed by atoms with van der Waals surface area (Å²) in [6, 6.07) is 9.52. The number of carbonyl (C=O) groups is 1. The second-order valence-electron chi connectivity index (χ2n) is 8.18. The highest BCUT2D eigenvalue weighted by Crippen LogP contribution is 2.29. The highest BCUT2D eigenvalue weighted by atomic mass is 32.1. The highest BCUT2D eigenvalue weighted by Gasteiger charge is 2.20. The zero-order chi connectivity index (χ0) is 24.4. The summed E-state index contributed by atoms with van der Waals surface area (Å²) < 4.78 is 3.06. The zero-order valence-corrected chi connectivity index (χ0v) is 20.7. The molecule has 178 valence electrons. The van der Waals surface area contributed by atoms with Crippen LogP contribution in [0, 0.1) is 6.92 Å². The van der Waals surface area contributed by atoms with Gasteiger partial charge in [-0.15, -0.1) is 11.3 Å². The van der Waals surface area contributed by atoms with Gasteiger partial charge in [-0.3, -0.25) is 18.7 Å². The smallest absolute Gasteiger partial charge is 0.332 e. The summed E-state index contributed by atoms with van der Waals surface area (Å²) in [7, 11) is 0. The molecule has 34 heavy (non-hydrogen) atoms. The number of fused-ring (bicyclic) bond motifs is 3. The van der Waals surface area contributed by atoms with E-state index in [0.29, 0.717) is 39.1 Å². The lowest BCUT2D eigenvalue weighted by Gasteiger charge is -2.22. The summed E-state index contributed by atoms with van der Waals surface area (Å²) in [5, 5.41) is 3.64. The Bertz CT molecular complexity index is 1480. The van der Waals surface area contributed by atoms with Gasteiger partial charge in [-0.25, -0.2) is 9.78 Å². The zero-order valence-electron chi connectivity index (χ0n) is 19.9. The van der Waals surface area contributed by atoms with Crippen LogP contribution in [0.1, 0.15) is 32.8 Å². The molecular weight excluding hydrogens is 450 g/mol. The predicted molar refractivity (Wildman–Crippen MR) is 139 cm³/mol. The fourth-order valence-corrected chi connectivity index (χ4v) is 5.35. The number of benzene rings is 1. The van der Waals surface area contributed by atoms with Crippen LogP contribution in [0.15, 0.2) is 46.1 Å². The number of hydrogen-bond acceptors (Lipinski definition) is 6. The summed E-state index contributed by atoms with van der Waals surface area (Å²) in [6.07, 6.45) is 2.29. The number of hydrogen-bond donors (Lipinski definition) is 1. The largest absolute Gasteiger partial charge is 0.372 e. The molecule has 0 bridgehead atoms. The third-order valence-corrected chi connectivity index (χ3v) is 7.06. The third-order valence-electron chi connectivity index (χ3n) is 5.97. The molecule has 0 atom stereocenters. The Morgan fingerprint density at radius 2 is 1.88 bits per heavy atom. The maximum absolute atomic E-state index is 13.3. The number of anilines is 2. The van der Waals surface area contributed by atoms with Gasteiger partial charge in [0, 0.05) is 42.6 Å². The number of carbonyl (C=O) groups excluding carboxylic acids is 1. The molecular formula is C25H29N5O3S. The van der Waals surface area contributed by atoms with Crippen molar-refractivity contribution in [2.45, 2.75) is 47.2 Å². The minimum absolute atomic E-state index is 0.197. The first-order chi connectivity index (χ1) is 16.4. The van der Waals surface area contributed by atoms with E-state index in [4.69, 9.17) is 0 Å². The summed E-state index contributed by atoms with van der Waals surface area (Å²) in [5.74, 6) is -0.327. The van der Waals surface area contributed by atoms with Gasteiger partial charge >= 0.3 is 5.69 Å². The molecule has 1 aromatic carbocycles. The molecule has 9 heteroatoms. The maximum Gasteiger partial charge on any atom is 0.332 e. The fraction of sp³-hybridized carbons (Fsp3) is 0.360. The second-order valence-corrected chi connectivity index (χ2v) is 9.18. The molecule has 0 saturated heterocycles. The molecule has 1 amide bonds. The third kappa shape index (κ3) is 4.23. The standard InChI is InChI=1S/C25H29N5O3S/c1-5-13-29-24(32)22-21(18-9-8-12-26-23(18)34-22)30(25(29)33)15-20(31)27-19-11-10-17(14-16(19)4)28(6-2)7-3/h8-12,14H,5-7,13,15H2,1-4H3,(H,27,31). The van der Waals surface area contributed by atoms with Crippen molar-refractivity contribution < 1.29 is 4.79 Å². The van der Waals surface area contributed by atoms with Crippen LogP contribution in [0.25, 0.3) is 20.4 Å². The molecule has 0 fully saturated rings. The summed E-state index contributed by atoms with van der Waals surface area (Å²) >= 11 is 1.25. The number of rotatable bonds is 8. The van der Waals surface area contributed by atoms with Gasteiger partial charge in [0.15, 0.2) is 0 Å². The number of nitrogens with one attached hydrogen (secondary N) is 1. The maximum atomic E-state index is 13.3. The molecule has 3 aromatic heterocycles. The molecule has 0 radical (unpaired) electrons. The molecule has 4 aromatic rings. The van der Waals surface area contributed by atoms with Gasteiger partial charge in [-0.1, -0.05) is 6.92 Å². The van der Waals surface area contributed by atoms with Crippen molar-refractivity contribution >= 4 is 49.1 Å². The van der Waals surface area contributed by atoms with Gasteiger partial charge in [-0.2, -0.15) is 0 Å². The minimum Gasteiger partial charge on any atom is -0.372 e. The van der Waals surface area contributed by atoms with Crippen LogP contribution in [0.2, 0.25) is 0 Å². The van der Waals surface area contributed by atoms with Crippen LogP contribution >= 0.6 is 11.3 Å². The highest BCUT2D eigenvalue weighted by molar-refractivity contribution is 7.25. The summed E-state index contributed by atoms with van der Waals surface area (Å²) in [5.41, 5.74) is 2.40. The Hall–Kier alpha value is -3.46. The van der Waals surface area contributed by atoms with Gasteiger partial charge in [0.25, 0.3) is 5.56 Å². The number of aryl methyl sites for hydroxylation is 1. The SMILES string of the molecule is CCCn1c(=O)c2sc3ncccc3c2n(CC(=O)Nc2ccc(N(CC)CC)cc2C)c1=O. The normalized spacial score (nSPS) is 11.3. The predicted octanol–water partition coefficient (Wildman–Crippen LogP) is 3.98. The lowest BCUT2D eigenvalue weighted by molar-refractivity contribution is -0.116. The Morgan fingerprint density at radius 3 is 2.56 bits per heavy atom. The van der Waals surface area contributed by atoms with Crippen LogP contribution in [0.3, 0.4) is 0 Å². The number of thiophene rings is 1. The summed E-state index contributed by atoms with van der Waals surface area (Å²) in [6.45, 7) is 9.97. The van der Waals surface area contributed by atoms with Crippen molar-refractivity contribution in [1.29, 1.82) is 0 Å². The Labute approximate surface area is 201 Å². The van der Waals surface area contributed by atoms with Crippen LogP contribution in [-0.4, -0.2) is 33.1 Å². The topological polar surface area (TPSA) is 89.2 Å². The van der Waals surface area contributed by atoms with E-state index < -0.39 is 5.69 Å². The van der Waals surface area contributed by atoms with E-state index in [1.165, 1.54) is 20.5 Å². The Morgan fingerprint density at radius 1 is 1.12 bits per heavy atom. The van der Waals surface area contributed by atoms with E-state index in [1.54, 1.807) is 12.3 Å². The molecule has 0 aliphatic rings. The number of nitrogens with zero attached hydrogens (tertiary/aromatic N) is 4. The van der Waals surface area contributed by atoms with Crippen molar-refractivity contribution in [3.8, 4) is 0 Å². The molecule has 0 unspecified atom stereocenters. The first-order valence-corrected chi connectivity index (χ1v) is 12.4. The average Bonchev–Trinajstić information content (AvgIpc) is 3.22. The molecule has 0 aliphatic heterocycles. The van der Waals surface area contributed by atoms with Crippen molar-refractivity contribution in [3.63, 3.8) is 0 Å². The Kier molecular flexibility index (Phi) is 6.83. The van der Waals surface area contributed by atoms with E-state index in [0.717, 1.165) is 24.3 Å². The molecule has 3 heterocycles. The van der Waals surface area contributed by atoms with E-state index in [1.807, 2.05) is 38.1 Å². The monoisotopic (exact) mass is 479 g/mol. The van der Waals surface area contributed by atoms with Gasteiger partial charge < -0.3 is 10.2 Å². The van der Waals surface area contributed by atoms with Crippen LogP contribution in [-0.2, 0) is 17.9 Å². The summed E-state index contributed by atoms with van der Waals surface area (Å²) in [4.78, 5) is 46.7. The van der Waals surface area contributed by atoms with E-state index in [9.17, 15) is 14.4 Å². The van der Waals surface area contributed by atoms with Crippen LogP contribution < -0.4 is 21.5 Å². The Balaban J connectivity index is 1.74. The number of amides is 1. The van der Waals surface area contributed by atoms with Crippen LogP contribution in [0.5, 0.6) is 0 Å². The quantitative estimate of drug-likeness (QED) is 0.413. The van der Waals surface area contributed by atoms with E-state index in [2.05, 4.69) is 29.0 Å². The van der Waals surface area contributed by atoms with Crippen molar-refractivity contribution in [1.82, 2.24) is 14.1 Å². The molecule has 8 nitrogen and oxygen atoms in total. The first-order valence-electron chi connectivity index (χ1n) is 11.6. The lowest BCUT2D eigenvalue weighted by Crippen LogP contribution is -2.41. The van der Waals surface area contributed by atoms with Crippen molar-refractivity contribution in [3.05, 3.63) is 62.9 Å². The first kappa shape index (κ1) is 23.7. The number of aromatic nitrogens is 3.